The fourth-order valence-electron chi connectivity index (χ4n) is 4.67. The molecular weight excluding hydrogens is 500 g/mol. The first-order valence-electron chi connectivity index (χ1n) is 12.7. The zero-order valence-corrected chi connectivity index (χ0v) is 22.2. The van der Waals surface area contributed by atoms with Gasteiger partial charge in [-0.05, 0) is 56.3 Å². The quantitative estimate of drug-likeness (QED) is 0.303. The van der Waals surface area contributed by atoms with Gasteiger partial charge in [-0.2, -0.15) is 5.10 Å². The molecular formula is C30H29ClN4O3. The molecule has 1 amide bonds. The van der Waals surface area contributed by atoms with Crippen LogP contribution < -0.4 is 4.90 Å². The summed E-state index contributed by atoms with van der Waals surface area (Å²) in [6.45, 7) is 6.86. The van der Waals surface area contributed by atoms with E-state index in [2.05, 4.69) is 22.1 Å². The van der Waals surface area contributed by atoms with E-state index in [0.717, 1.165) is 41.2 Å². The Balaban J connectivity index is 1.34. The van der Waals surface area contributed by atoms with Crippen LogP contribution in [-0.2, 0) is 4.74 Å². The van der Waals surface area contributed by atoms with Crippen molar-refractivity contribution in [1.82, 2.24) is 14.7 Å². The summed E-state index contributed by atoms with van der Waals surface area (Å²) in [5, 5.41) is 5.04. The second-order valence-electron chi connectivity index (χ2n) is 9.19. The van der Waals surface area contributed by atoms with E-state index in [1.807, 2.05) is 66.4 Å². The molecule has 1 aromatic heterocycles. The van der Waals surface area contributed by atoms with Gasteiger partial charge in [-0.15, -0.1) is 0 Å². The van der Waals surface area contributed by atoms with Crippen LogP contribution in [0.3, 0.4) is 0 Å². The minimum atomic E-state index is -0.478. The number of esters is 1. The van der Waals surface area contributed by atoms with Crippen LogP contribution in [0.4, 0.5) is 5.69 Å². The normalized spacial score (nSPS) is 13.4. The summed E-state index contributed by atoms with van der Waals surface area (Å²) in [5.74, 6) is -0.400. The number of amides is 1. The highest BCUT2D eigenvalue weighted by Gasteiger charge is 2.23. The average molecular weight is 529 g/mol. The first kappa shape index (κ1) is 25.5. The molecule has 0 spiro atoms. The molecule has 0 atom stereocenters. The summed E-state index contributed by atoms with van der Waals surface area (Å²) in [6.07, 6.45) is 0. The third-order valence-corrected chi connectivity index (χ3v) is 6.95. The molecule has 2 heterocycles. The van der Waals surface area contributed by atoms with Gasteiger partial charge < -0.3 is 14.5 Å². The third kappa shape index (κ3) is 5.29. The summed E-state index contributed by atoms with van der Waals surface area (Å²) in [6, 6.07) is 25.0. The molecule has 0 unspecified atom stereocenters. The fourth-order valence-corrected chi connectivity index (χ4v) is 4.89. The molecule has 1 aliphatic rings. The molecule has 38 heavy (non-hydrogen) atoms. The molecule has 3 aromatic carbocycles. The Bertz CT molecular complexity index is 1460. The zero-order chi connectivity index (χ0) is 26.6. The standard InChI is InChI=1S/C30H29ClN4O3/c1-3-38-30(37)26-20-28(35(32-26)27-10-5-4-9-25(27)31)22-11-13-24(14-12-22)33-15-17-34(18-16-33)29(36)23-8-6-7-21(2)19-23/h4-14,19-20H,3,15-18H2,1-2H3. The number of carbonyl (C=O) groups is 2. The van der Waals surface area contributed by atoms with Crippen molar-refractivity contribution in [3.8, 4) is 16.9 Å². The van der Waals surface area contributed by atoms with Gasteiger partial charge in [0.1, 0.15) is 0 Å². The van der Waals surface area contributed by atoms with Crippen LogP contribution in [0.15, 0.2) is 78.9 Å². The van der Waals surface area contributed by atoms with Crippen molar-refractivity contribution >= 4 is 29.2 Å². The van der Waals surface area contributed by atoms with E-state index in [1.54, 1.807) is 23.7 Å². The van der Waals surface area contributed by atoms with E-state index < -0.39 is 5.97 Å². The number of aryl methyl sites for hydroxylation is 1. The number of aromatic nitrogens is 2. The van der Waals surface area contributed by atoms with Gasteiger partial charge in [0.25, 0.3) is 5.91 Å². The maximum atomic E-state index is 12.9. The van der Waals surface area contributed by atoms with Crippen LogP contribution in [0.5, 0.6) is 0 Å². The molecule has 7 nitrogen and oxygen atoms in total. The van der Waals surface area contributed by atoms with E-state index in [0.29, 0.717) is 23.8 Å². The highest BCUT2D eigenvalue weighted by Crippen LogP contribution is 2.30. The lowest BCUT2D eigenvalue weighted by Crippen LogP contribution is -2.48. The van der Waals surface area contributed by atoms with Crippen molar-refractivity contribution in [1.29, 1.82) is 0 Å². The molecule has 1 aliphatic heterocycles. The zero-order valence-electron chi connectivity index (χ0n) is 21.4. The average Bonchev–Trinajstić information content (AvgIpc) is 3.39. The monoisotopic (exact) mass is 528 g/mol. The van der Waals surface area contributed by atoms with Crippen molar-refractivity contribution in [2.45, 2.75) is 13.8 Å². The Morgan fingerprint density at radius 3 is 2.34 bits per heavy atom. The molecule has 0 N–H and O–H groups in total. The number of para-hydroxylation sites is 1. The van der Waals surface area contributed by atoms with Gasteiger partial charge in [-0.3, -0.25) is 4.79 Å². The number of anilines is 1. The molecule has 0 bridgehead atoms. The van der Waals surface area contributed by atoms with E-state index in [9.17, 15) is 9.59 Å². The molecule has 0 aliphatic carbocycles. The Labute approximate surface area is 227 Å². The first-order valence-corrected chi connectivity index (χ1v) is 13.1. The predicted molar refractivity (Wildman–Crippen MR) is 149 cm³/mol. The maximum Gasteiger partial charge on any atom is 0.358 e. The van der Waals surface area contributed by atoms with Crippen molar-refractivity contribution in [2.24, 2.45) is 0 Å². The Hall–Kier alpha value is -4.10. The van der Waals surface area contributed by atoms with Crippen LogP contribution in [0.2, 0.25) is 5.02 Å². The predicted octanol–water partition coefficient (Wildman–Crippen LogP) is 5.64. The van der Waals surface area contributed by atoms with Crippen molar-refractivity contribution in [2.75, 3.05) is 37.7 Å². The Morgan fingerprint density at radius 2 is 1.66 bits per heavy atom. The molecule has 5 rings (SSSR count). The number of carbonyl (C=O) groups excluding carboxylic acids is 2. The number of hydrogen-bond donors (Lipinski definition) is 0. The SMILES string of the molecule is CCOC(=O)c1cc(-c2ccc(N3CCN(C(=O)c4cccc(C)c4)CC3)cc2)n(-c2ccccc2Cl)n1. The number of benzene rings is 3. The Morgan fingerprint density at radius 1 is 0.921 bits per heavy atom. The smallest absolute Gasteiger partial charge is 0.358 e. The largest absolute Gasteiger partial charge is 0.461 e. The summed E-state index contributed by atoms with van der Waals surface area (Å²) in [5.41, 5.74) is 5.43. The lowest BCUT2D eigenvalue weighted by atomic mass is 10.1. The third-order valence-electron chi connectivity index (χ3n) is 6.63. The fraction of sp³-hybridized carbons (Fsp3) is 0.233. The second kappa shape index (κ2) is 11.1. The molecule has 4 aromatic rings. The number of halogens is 1. The molecule has 1 fully saturated rings. The molecule has 8 heteroatoms. The van der Waals surface area contributed by atoms with Crippen molar-refractivity contribution in [3.05, 3.63) is 101 Å². The van der Waals surface area contributed by atoms with E-state index in [-0.39, 0.29) is 18.2 Å². The second-order valence-corrected chi connectivity index (χ2v) is 9.60. The molecule has 1 saturated heterocycles. The van der Waals surface area contributed by atoms with Crippen LogP contribution in [0, 0.1) is 6.92 Å². The molecule has 0 radical (unpaired) electrons. The number of hydrogen-bond acceptors (Lipinski definition) is 5. The highest BCUT2D eigenvalue weighted by molar-refractivity contribution is 6.32. The van der Waals surface area contributed by atoms with Crippen LogP contribution in [0.25, 0.3) is 16.9 Å². The first-order chi connectivity index (χ1) is 18.4. The van der Waals surface area contributed by atoms with Gasteiger partial charge in [0, 0.05) is 43.0 Å². The van der Waals surface area contributed by atoms with E-state index in [1.165, 1.54) is 0 Å². The minimum Gasteiger partial charge on any atom is -0.461 e. The number of piperazine rings is 1. The highest BCUT2D eigenvalue weighted by atomic mass is 35.5. The van der Waals surface area contributed by atoms with Crippen LogP contribution in [-0.4, -0.2) is 59.3 Å². The van der Waals surface area contributed by atoms with Gasteiger partial charge >= 0.3 is 5.97 Å². The summed E-state index contributed by atoms with van der Waals surface area (Å²) >= 11 is 6.46. The Kier molecular flexibility index (Phi) is 7.47. The lowest BCUT2D eigenvalue weighted by Gasteiger charge is -2.36. The molecule has 194 valence electrons. The van der Waals surface area contributed by atoms with Gasteiger partial charge in [0.2, 0.25) is 0 Å². The van der Waals surface area contributed by atoms with Crippen LogP contribution >= 0.6 is 11.6 Å². The topological polar surface area (TPSA) is 67.7 Å². The maximum absolute atomic E-state index is 12.9. The summed E-state index contributed by atoms with van der Waals surface area (Å²) in [7, 11) is 0. The van der Waals surface area contributed by atoms with E-state index >= 15 is 0 Å². The van der Waals surface area contributed by atoms with Crippen LogP contribution in [0.1, 0.15) is 33.3 Å². The van der Waals surface area contributed by atoms with Crippen molar-refractivity contribution < 1.29 is 14.3 Å². The summed E-state index contributed by atoms with van der Waals surface area (Å²) < 4.78 is 6.85. The van der Waals surface area contributed by atoms with E-state index in [4.69, 9.17) is 16.3 Å². The van der Waals surface area contributed by atoms with Gasteiger partial charge in [-0.25, -0.2) is 9.48 Å². The number of rotatable bonds is 6. The number of nitrogens with zero attached hydrogens (tertiary/aromatic N) is 4. The van der Waals surface area contributed by atoms with Gasteiger partial charge in [0.15, 0.2) is 5.69 Å². The van der Waals surface area contributed by atoms with Gasteiger partial charge in [0.05, 0.1) is 23.0 Å². The number of ether oxygens (including phenoxy) is 1. The lowest BCUT2D eigenvalue weighted by molar-refractivity contribution is 0.0518. The minimum absolute atomic E-state index is 0.0777. The van der Waals surface area contributed by atoms with Crippen molar-refractivity contribution in [3.63, 3.8) is 0 Å². The molecule has 0 saturated carbocycles. The summed E-state index contributed by atoms with van der Waals surface area (Å²) in [4.78, 5) is 29.5. The van der Waals surface area contributed by atoms with Gasteiger partial charge in [-0.1, -0.05) is 53.6 Å².